The largest absolute Gasteiger partial charge is 0.348 e. The second kappa shape index (κ2) is 8.84. The molecule has 5 aromatic rings. The number of rotatable bonds is 5. The summed E-state index contributed by atoms with van der Waals surface area (Å²) in [6.07, 6.45) is 3.37. The Bertz CT molecular complexity index is 1450. The average molecular weight is 457 g/mol. The van der Waals surface area contributed by atoms with Crippen LogP contribution >= 0.6 is 11.6 Å². The van der Waals surface area contributed by atoms with Crippen LogP contribution in [-0.4, -0.2) is 20.7 Å². The minimum Gasteiger partial charge on any atom is -0.348 e. The summed E-state index contributed by atoms with van der Waals surface area (Å²) in [6.45, 7) is 0.390. The minimum atomic E-state index is -0.335. The lowest BCUT2D eigenvalue weighted by Gasteiger charge is -2.07. The zero-order valence-electron chi connectivity index (χ0n) is 17.4. The first kappa shape index (κ1) is 20.8. The molecule has 7 heteroatoms. The van der Waals surface area contributed by atoms with E-state index in [1.807, 2.05) is 36.4 Å². The monoisotopic (exact) mass is 456 g/mol. The Labute approximate surface area is 194 Å². The van der Waals surface area contributed by atoms with Crippen LogP contribution in [0.25, 0.3) is 27.8 Å². The molecule has 1 amide bonds. The molecule has 0 atom stereocenters. The van der Waals surface area contributed by atoms with Crippen LogP contribution in [0.1, 0.15) is 15.9 Å². The van der Waals surface area contributed by atoms with Gasteiger partial charge >= 0.3 is 0 Å². The van der Waals surface area contributed by atoms with Crippen molar-refractivity contribution in [3.63, 3.8) is 0 Å². The van der Waals surface area contributed by atoms with Crippen LogP contribution in [0.15, 0.2) is 91.3 Å². The van der Waals surface area contributed by atoms with Gasteiger partial charge in [0, 0.05) is 35.5 Å². The summed E-state index contributed by atoms with van der Waals surface area (Å²) in [4.78, 5) is 16.8. The molecule has 2 aromatic heterocycles. The van der Waals surface area contributed by atoms with Gasteiger partial charge in [-0.15, -0.1) is 0 Å². The predicted molar refractivity (Wildman–Crippen MR) is 127 cm³/mol. The molecule has 0 aliphatic carbocycles. The Hall–Kier alpha value is -4.03. The van der Waals surface area contributed by atoms with Crippen molar-refractivity contribution in [1.29, 1.82) is 0 Å². The number of benzene rings is 3. The third kappa shape index (κ3) is 4.21. The van der Waals surface area contributed by atoms with Crippen molar-refractivity contribution in [3.8, 4) is 16.9 Å². The van der Waals surface area contributed by atoms with Crippen molar-refractivity contribution < 1.29 is 9.18 Å². The van der Waals surface area contributed by atoms with Gasteiger partial charge in [0.2, 0.25) is 0 Å². The standard InChI is InChI=1S/C26H18ClFN4O/c27-23-4-2-1-3-21(23)25-22-10-5-18(26(33)30-16-17-11-13-29-14-12-17)15-24(22)32(31-25)20-8-6-19(28)7-9-20/h1-15H,16H2,(H,30,33). The molecule has 0 radical (unpaired) electrons. The first-order chi connectivity index (χ1) is 16.1. The number of carbonyl (C=O) groups is 1. The Balaban J connectivity index is 1.59. The van der Waals surface area contributed by atoms with Crippen LogP contribution in [0.4, 0.5) is 4.39 Å². The second-order valence-electron chi connectivity index (χ2n) is 7.49. The molecule has 0 aliphatic heterocycles. The smallest absolute Gasteiger partial charge is 0.251 e. The Morgan fingerprint density at radius 1 is 0.970 bits per heavy atom. The van der Waals surface area contributed by atoms with E-state index in [2.05, 4.69) is 10.3 Å². The highest BCUT2D eigenvalue weighted by molar-refractivity contribution is 6.33. The molecular weight excluding hydrogens is 439 g/mol. The molecule has 0 saturated heterocycles. The van der Waals surface area contributed by atoms with Crippen LogP contribution in [0.5, 0.6) is 0 Å². The fourth-order valence-electron chi connectivity index (χ4n) is 3.67. The van der Waals surface area contributed by atoms with Crippen LogP contribution in [-0.2, 0) is 6.54 Å². The maximum absolute atomic E-state index is 13.5. The zero-order chi connectivity index (χ0) is 22.8. The number of nitrogens with zero attached hydrogens (tertiary/aromatic N) is 3. The summed E-state index contributed by atoms with van der Waals surface area (Å²) in [5, 5.41) is 9.12. The normalized spacial score (nSPS) is 11.0. The summed E-state index contributed by atoms with van der Waals surface area (Å²) < 4.78 is 15.2. The first-order valence-corrected chi connectivity index (χ1v) is 10.7. The van der Waals surface area contributed by atoms with Gasteiger partial charge in [-0.3, -0.25) is 9.78 Å². The van der Waals surface area contributed by atoms with E-state index in [0.717, 1.165) is 16.5 Å². The van der Waals surface area contributed by atoms with Crippen molar-refractivity contribution in [1.82, 2.24) is 20.1 Å². The number of carbonyl (C=O) groups excluding carboxylic acids is 1. The molecule has 0 aliphatic rings. The Morgan fingerprint density at radius 2 is 1.73 bits per heavy atom. The Kier molecular flexibility index (Phi) is 5.59. The van der Waals surface area contributed by atoms with Gasteiger partial charge in [-0.1, -0.05) is 29.8 Å². The van der Waals surface area contributed by atoms with E-state index in [9.17, 15) is 9.18 Å². The fourth-order valence-corrected chi connectivity index (χ4v) is 3.90. The number of halogens is 2. The van der Waals surface area contributed by atoms with Crippen molar-refractivity contribution in [2.75, 3.05) is 0 Å². The molecule has 0 spiro atoms. The first-order valence-electron chi connectivity index (χ1n) is 10.3. The summed E-state index contributed by atoms with van der Waals surface area (Å²) in [5.41, 5.74) is 4.30. The second-order valence-corrected chi connectivity index (χ2v) is 7.89. The van der Waals surface area contributed by atoms with Gasteiger partial charge in [-0.25, -0.2) is 9.07 Å². The number of hydrogen-bond acceptors (Lipinski definition) is 3. The summed E-state index contributed by atoms with van der Waals surface area (Å²) in [7, 11) is 0. The SMILES string of the molecule is O=C(NCc1ccncc1)c1ccc2c(-c3ccccc3Cl)nn(-c3ccc(F)cc3)c2c1. The number of hydrogen-bond donors (Lipinski definition) is 1. The molecule has 5 nitrogen and oxygen atoms in total. The molecule has 0 saturated carbocycles. The zero-order valence-corrected chi connectivity index (χ0v) is 18.1. The summed E-state index contributed by atoms with van der Waals surface area (Å²) in [6, 6.07) is 22.6. The van der Waals surface area contributed by atoms with Crippen LogP contribution < -0.4 is 5.32 Å². The fraction of sp³-hybridized carbons (Fsp3) is 0.0385. The molecule has 162 valence electrons. The van der Waals surface area contributed by atoms with E-state index in [-0.39, 0.29) is 11.7 Å². The van der Waals surface area contributed by atoms with E-state index in [4.69, 9.17) is 16.7 Å². The summed E-state index contributed by atoms with van der Waals surface area (Å²) in [5.74, 6) is -0.544. The minimum absolute atomic E-state index is 0.208. The predicted octanol–water partition coefficient (Wildman–Crippen LogP) is 5.81. The maximum Gasteiger partial charge on any atom is 0.251 e. The average Bonchev–Trinajstić information content (AvgIpc) is 3.22. The third-order valence-electron chi connectivity index (χ3n) is 5.35. The number of amides is 1. The van der Waals surface area contributed by atoms with E-state index in [0.29, 0.717) is 34.0 Å². The highest BCUT2D eigenvalue weighted by Crippen LogP contribution is 2.34. The van der Waals surface area contributed by atoms with E-state index >= 15 is 0 Å². The number of aromatic nitrogens is 3. The molecule has 0 fully saturated rings. The number of nitrogens with one attached hydrogen (secondary N) is 1. The quantitative estimate of drug-likeness (QED) is 0.363. The van der Waals surface area contributed by atoms with Gasteiger partial charge in [0.25, 0.3) is 5.91 Å². The highest BCUT2D eigenvalue weighted by Gasteiger charge is 2.18. The molecule has 3 aromatic carbocycles. The van der Waals surface area contributed by atoms with Crippen molar-refractivity contribution in [2.24, 2.45) is 0 Å². The lowest BCUT2D eigenvalue weighted by Crippen LogP contribution is -2.22. The molecule has 0 bridgehead atoms. The van der Waals surface area contributed by atoms with Crippen LogP contribution in [0.3, 0.4) is 0 Å². The van der Waals surface area contributed by atoms with E-state index in [1.165, 1.54) is 12.1 Å². The van der Waals surface area contributed by atoms with Gasteiger partial charge in [0.15, 0.2) is 0 Å². The number of pyridine rings is 1. The van der Waals surface area contributed by atoms with Crippen molar-refractivity contribution >= 4 is 28.4 Å². The van der Waals surface area contributed by atoms with Crippen LogP contribution in [0.2, 0.25) is 5.02 Å². The van der Waals surface area contributed by atoms with Gasteiger partial charge in [0.1, 0.15) is 11.5 Å². The van der Waals surface area contributed by atoms with Gasteiger partial charge in [-0.2, -0.15) is 5.10 Å². The third-order valence-corrected chi connectivity index (χ3v) is 5.68. The van der Waals surface area contributed by atoms with E-state index < -0.39 is 0 Å². The topological polar surface area (TPSA) is 59.8 Å². The lowest BCUT2D eigenvalue weighted by atomic mass is 10.1. The molecule has 1 N–H and O–H groups in total. The maximum atomic E-state index is 13.5. The van der Waals surface area contributed by atoms with Crippen molar-refractivity contribution in [2.45, 2.75) is 6.54 Å². The van der Waals surface area contributed by atoms with Crippen molar-refractivity contribution in [3.05, 3.63) is 113 Å². The molecule has 0 unspecified atom stereocenters. The molecule has 33 heavy (non-hydrogen) atoms. The molecular formula is C26H18ClFN4O. The highest BCUT2D eigenvalue weighted by atomic mass is 35.5. The van der Waals surface area contributed by atoms with Gasteiger partial charge < -0.3 is 5.32 Å². The Morgan fingerprint density at radius 3 is 2.48 bits per heavy atom. The van der Waals surface area contributed by atoms with Crippen LogP contribution in [0, 0.1) is 5.82 Å². The van der Waals surface area contributed by atoms with Gasteiger partial charge in [0.05, 0.1) is 16.2 Å². The van der Waals surface area contributed by atoms with Gasteiger partial charge in [-0.05, 0) is 66.2 Å². The number of fused-ring (bicyclic) bond motifs is 1. The van der Waals surface area contributed by atoms with E-state index in [1.54, 1.807) is 47.4 Å². The lowest BCUT2D eigenvalue weighted by molar-refractivity contribution is 0.0951. The molecule has 2 heterocycles. The summed E-state index contributed by atoms with van der Waals surface area (Å²) >= 11 is 6.45. The molecule has 5 rings (SSSR count).